The summed E-state index contributed by atoms with van der Waals surface area (Å²) in [6.45, 7) is 0.144. The molecule has 1 heterocycles. The number of H-pyrrole nitrogens is 1. The minimum Gasteiger partial charge on any atom is -0.480 e. The lowest BCUT2D eigenvalue weighted by Gasteiger charge is -2.25. The topological polar surface area (TPSA) is 274 Å². The zero-order valence-corrected chi connectivity index (χ0v) is 25.3. The number of nitrogens with two attached hydrogens (primary N) is 4. The number of carboxylic acids is 1. The molecule has 15 heteroatoms. The van der Waals surface area contributed by atoms with Gasteiger partial charge in [0.2, 0.25) is 23.6 Å². The first-order valence-corrected chi connectivity index (χ1v) is 14.8. The highest BCUT2D eigenvalue weighted by molar-refractivity contribution is 5.95. The Balaban J connectivity index is 1.81. The number of aromatic amines is 1. The van der Waals surface area contributed by atoms with Crippen molar-refractivity contribution < 1.29 is 29.1 Å². The Bertz CT molecular complexity index is 1540. The van der Waals surface area contributed by atoms with Gasteiger partial charge in [0, 0.05) is 36.5 Å². The highest BCUT2D eigenvalue weighted by Gasteiger charge is 2.31. The Kier molecular flexibility index (Phi) is 13.1. The second-order valence-electron chi connectivity index (χ2n) is 10.8. The SMILES string of the molecule is NC(=O)CCC(NC(=O)C(Cc1c[nH]c2ccccc12)NC(=O)C(N)Cc1ccccc1)C(=O)NC(CCCN=C(N)N)C(=O)O. The lowest BCUT2D eigenvalue weighted by atomic mass is 10.0. The molecule has 0 bridgehead atoms. The van der Waals surface area contributed by atoms with E-state index in [4.69, 9.17) is 22.9 Å². The van der Waals surface area contributed by atoms with Gasteiger partial charge >= 0.3 is 5.97 Å². The fraction of sp³-hybridized carbons (Fsp3) is 0.355. The van der Waals surface area contributed by atoms with Gasteiger partial charge in [0.25, 0.3) is 0 Å². The van der Waals surface area contributed by atoms with Gasteiger partial charge in [0.05, 0.1) is 6.04 Å². The van der Waals surface area contributed by atoms with E-state index in [2.05, 4.69) is 25.9 Å². The molecule has 0 radical (unpaired) electrons. The van der Waals surface area contributed by atoms with Crippen LogP contribution in [0.3, 0.4) is 0 Å². The minimum atomic E-state index is -1.35. The van der Waals surface area contributed by atoms with Gasteiger partial charge in [-0.3, -0.25) is 24.2 Å². The smallest absolute Gasteiger partial charge is 0.326 e. The van der Waals surface area contributed by atoms with E-state index in [1.165, 1.54) is 0 Å². The van der Waals surface area contributed by atoms with Crippen molar-refractivity contribution in [2.75, 3.05) is 6.54 Å². The number of carbonyl (C=O) groups is 5. The number of rotatable bonds is 18. The van der Waals surface area contributed by atoms with Crippen molar-refractivity contribution in [3.05, 3.63) is 71.9 Å². The summed E-state index contributed by atoms with van der Waals surface area (Å²) in [5.41, 5.74) is 24.5. The van der Waals surface area contributed by atoms with Crippen LogP contribution in [-0.4, -0.2) is 76.4 Å². The number of guanidine groups is 1. The third kappa shape index (κ3) is 10.9. The maximum atomic E-state index is 13.7. The summed E-state index contributed by atoms with van der Waals surface area (Å²) in [5, 5.41) is 18.2. The standard InChI is InChI=1S/C31H41N9O6/c32-21(15-18-7-2-1-3-8-18)27(42)40-25(16-19-17-37-22-10-5-4-9-20(19)22)29(44)38-23(12-13-26(33)41)28(43)39-24(30(45)46)11-6-14-36-31(34)35/h1-5,7-10,17,21,23-25,37H,6,11-16,32H2,(H2,33,41)(H,38,44)(H,39,43)(H,40,42)(H,45,46)(H4,34,35,36). The number of benzene rings is 2. The third-order valence-corrected chi connectivity index (χ3v) is 7.24. The fourth-order valence-corrected chi connectivity index (χ4v) is 4.83. The van der Waals surface area contributed by atoms with Crippen molar-refractivity contribution in [1.82, 2.24) is 20.9 Å². The fourth-order valence-electron chi connectivity index (χ4n) is 4.83. The first-order chi connectivity index (χ1) is 21.9. The van der Waals surface area contributed by atoms with E-state index in [1.54, 1.807) is 6.20 Å². The number of hydrogen-bond donors (Lipinski definition) is 9. The number of amides is 4. The quantitative estimate of drug-likeness (QED) is 0.0477. The molecule has 0 spiro atoms. The molecule has 46 heavy (non-hydrogen) atoms. The second kappa shape index (κ2) is 17.2. The van der Waals surface area contributed by atoms with Gasteiger partial charge in [-0.2, -0.15) is 0 Å². The van der Waals surface area contributed by atoms with E-state index in [1.807, 2.05) is 54.6 Å². The van der Waals surface area contributed by atoms with E-state index >= 15 is 0 Å². The van der Waals surface area contributed by atoms with Crippen molar-refractivity contribution in [1.29, 1.82) is 0 Å². The summed E-state index contributed by atoms with van der Waals surface area (Å²) in [6.07, 6.45) is 1.72. The summed E-state index contributed by atoms with van der Waals surface area (Å²) in [6, 6.07) is 11.7. The third-order valence-electron chi connectivity index (χ3n) is 7.24. The van der Waals surface area contributed by atoms with Crippen molar-refractivity contribution >= 4 is 46.5 Å². The minimum absolute atomic E-state index is 0.00706. The van der Waals surface area contributed by atoms with Gasteiger partial charge in [0.15, 0.2) is 5.96 Å². The zero-order chi connectivity index (χ0) is 33.6. The van der Waals surface area contributed by atoms with Crippen LogP contribution in [0.25, 0.3) is 10.9 Å². The molecule has 0 aliphatic carbocycles. The van der Waals surface area contributed by atoms with Crippen molar-refractivity contribution in [3.63, 3.8) is 0 Å². The molecule has 0 saturated heterocycles. The predicted octanol–water partition coefficient (Wildman–Crippen LogP) is -0.861. The van der Waals surface area contributed by atoms with E-state index in [0.717, 1.165) is 22.0 Å². The first kappa shape index (κ1) is 35.0. The molecule has 3 rings (SSSR count). The van der Waals surface area contributed by atoms with Crippen molar-refractivity contribution in [2.24, 2.45) is 27.9 Å². The molecule has 0 aliphatic rings. The van der Waals surface area contributed by atoms with Crippen LogP contribution in [0.15, 0.2) is 65.8 Å². The molecule has 4 unspecified atom stereocenters. The van der Waals surface area contributed by atoms with Crippen molar-refractivity contribution in [3.8, 4) is 0 Å². The number of para-hydroxylation sites is 1. The molecule has 0 saturated carbocycles. The number of carboxylic acid groups (broad SMARTS) is 1. The summed E-state index contributed by atoms with van der Waals surface area (Å²) >= 11 is 0. The van der Waals surface area contributed by atoms with Crippen LogP contribution in [0.5, 0.6) is 0 Å². The Hall–Kier alpha value is -5.44. The number of fused-ring (bicyclic) bond motifs is 1. The average molecular weight is 636 g/mol. The van der Waals surface area contributed by atoms with Gasteiger partial charge in [-0.05, 0) is 42.9 Å². The van der Waals surface area contributed by atoms with E-state index in [9.17, 15) is 29.1 Å². The summed E-state index contributed by atoms with van der Waals surface area (Å²) in [7, 11) is 0. The Morgan fingerprint density at radius 3 is 2.09 bits per heavy atom. The molecular weight excluding hydrogens is 594 g/mol. The molecule has 2 aromatic carbocycles. The van der Waals surface area contributed by atoms with Crippen LogP contribution in [0, 0.1) is 0 Å². The molecule has 3 aromatic rings. The average Bonchev–Trinajstić information content (AvgIpc) is 3.42. The summed E-state index contributed by atoms with van der Waals surface area (Å²) < 4.78 is 0. The predicted molar refractivity (Wildman–Crippen MR) is 172 cm³/mol. The van der Waals surface area contributed by atoms with E-state index in [0.29, 0.717) is 0 Å². The van der Waals surface area contributed by atoms with Crippen LogP contribution in [0.4, 0.5) is 0 Å². The van der Waals surface area contributed by atoms with Crippen molar-refractivity contribution in [2.45, 2.75) is 62.7 Å². The molecule has 1 aromatic heterocycles. The Morgan fingerprint density at radius 2 is 1.41 bits per heavy atom. The zero-order valence-electron chi connectivity index (χ0n) is 25.3. The van der Waals surface area contributed by atoms with Gasteiger partial charge in [0.1, 0.15) is 18.1 Å². The number of nitrogens with one attached hydrogen (secondary N) is 4. The Labute approximate surface area is 265 Å². The summed E-state index contributed by atoms with van der Waals surface area (Å²) in [4.78, 5) is 70.6. The molecule has 13 N–H and O–H groups in total. The van der Waals surface area contributed by atoms with Crippen LogP contribution in [0.2, 0.25) is 0 Å². The lowest BCUT2D eigenvalue weighted by molar-refractivity contribution is -0.142. The monoisotopic (exact) mass is 635 g/mol. The number of primary amides is 1. The van der Waals surface area contributed by atoms with Crippen LogP contribution >= 0.6 is 0 Å². The highest BCUT2D eigenvalue weighted by Crippen LogP contribution is 2.19. The highest BCUT2D eigenvalue weighted by atomic mass is 16.4. The van der Waals surface area contributed by atoms with Crippen LogP contribution < -0.4 is 38.9 Å². The van der Waals surface area contributed by atoms with E-state index < -0.39 is 53.8 Å². The number of aromatic nitrogens is 1. The van der Waals surface area contributed by atoms with Gasteiger partial charge in [-0.1, -0.05) is 48.5 Å². The van der Waals surface area contributed by atoms with Gasteiger partial charge in [-0.15, -0.1) is 0 Å². The number of aliphatic imine (C=N–C) groups is 1. The van der Waals surface area contributed by atoms with Crippen LogP contribution in [0.1, 0.15) is 36.8 Å². The molecule has 4 atom stereocenters. The number of carbonyl (C=O) groups excluding carboxylic acids is 4. The lowest BCUT2D eigenvalue weighted by Crippen LogP contribution is -2.57. The number of hydrogen-bond acceptors (Lipinski definition) is 7. The molecule has 4 amide bonds. The van der Waals surface area contributed by atoms with Gasteiger partial charge in [-0.25, -0.2) is 4.79 Å². The molecule has 0 aliphatic heterocycles. The normalized spacial score (nSPS) is 13.5. The number of nitrogens with zero attached hydrogens (tertiary/aromatic N) is 1. The maximum Gasteiger partial charge on any atom is 0.326 e. The molecule has 246 valence electrons. The molecule has 15 nitrogen and oxygen atoms in total. The first-order valence-electron chi connectivity index (χ1n) is 14.8. The molecular formula is C31H41N9O6. The van der Waals surface area contributed by atoms with E-state index in [-0.39, 0.29) is 51.0 Å². The largest absolute Gasteiger partial charge is 0.480 e. The summed E-state index contributed by atoms with van der Waals surface area (Å²) in [5.74, 6) is -4.37. The number of aliphatic carboxylic acids is 1. The van der Waals surface area contributed by atoms with Gasteiger partial charge < -0.3 is 49.0 Å². The van der Waals surface area contributed by atoms with Crippen LogP contribution in [-0.2, 0) is 36.8 Å². The molecule has 0 fully saturated rings. The Morgan fingerprint density at radius 1 is 0.783 bits per heavy atom. The maximum absolute atomic E-state index is 13.7. The second-order valence-corrected chi connectivity index (χ2v) is 10.8.